The predicted octanol–water partition coefficient (Wildman–Crippen LogP) is 2.57. The van der Waals surface area contributed by atoms with Crippen LogP contribution in [0.25, 0.3) is 0 Å². The molecule has 1 aromatic rings. The fourth-order valence-electron chi connectivity index (χ4n) is 0.693. The molecule has 6 heteroatoms. The molecule has 0 spiro atoms. The van der Waals surface area contributed by atoms with Gasteiger partial charge in [-0.05, 0) is 22.6 Å². The molecule has 66 valence electrons. The second-order valence-corrected chi connectivity index (χ2v) is 3.48. The number of nitrogens with one attached hydrogen (secondary N) is 1. The largest absolute Gasteiger partial charge is 0.355 e. The van der Waals surface area contributed by atoms with Gasteiger partial charge in [-0.1, -0.05) is 11.6 Å². The van der Waals surface area contributed by atoms with Crippen LogP contribution in [0.5, 0.6) is 0 Å². The molecule has 0 saturated heterocycles. The number of halogens is 4. The second-order valence-electron chi connectivity index (χ2n) is 1.99. The van der Waals surface area contributed by atoms with E-state index in [-0.39, 0.29) is 8.72 Å². The Morgan fingerprint density at radius 3 is 2.58 bits per heavy atom. The standard InChI is InChI=1S/C6H3ClF2INO/c7-2-1-11-6(10)3(4(2)12)5(8)9/h1,5H,(H,11,12). The lowest BCUT2D eigenvalue weighted by Gasteiger charge is -2.01. The van der Waals surface area contributed by atoms with Gasteiger partial charge in [0, 0.05) is 6.20 Å². The predicted molar refractivity (Wildman–Crippen MR) is 49.7 cm³/mol. The maximum atomic E-state index is 12.2. The molecule has 0 aromatic carbocycles. The van der Waals surface area contributed by atoms with Crippen LogP contribution in [0, 0.1) is 3.70 Å². The Labute approximate surface area is 85.1 Å². The van der Waals surface area contributed by atoms with Crippen molar-refractivity contribution in [2.24, 2.45) is 0 Å². The van der Waals surface area contributed by atoms with Crippen molar-refractivity contribution in [2.75, 3.05) is 0 Å². The first-order valence-electron chi connectivity index (χ1n) is 2.88. The lowest BCUT2D eigenvalue weighted by atomic mass is 10.3. The van der Waals surface area contributed by atoms with Crippen molar-refractivity contribution in [3.63, 3.8) is 0 Å². The molecule has 0 aliphatic carbocycles. The number of rotatable bonds is 1. The molecule has 12 heavy (non-hydrogen) atoms. The highest BCUT2D eigenvalue weighted by atomic mass is 127. The zero-order valence-corrected chi connectivity index (χ0v) is 8.49. The summed E-state index contributed by atoms with van der Waals surface area (Å²) >= 11 is 6.97. The van der Waals surface area contributed by atoms with Gasteiger partial charge in [0.15, 0.2) is 0 Å². The quantitative estimate of drug-likeness (QED) is 0.628. The van der Waals surface area contributed by atoms with Gasteiger partial charge in [0.2, 0.25) is 5.43 Å². The van der Waals surface area contributed by atoms with Crippen molar-refractivity contribution in [1.29, 1.82) is 0 Å². The van der Waals surface area contributed by atoms with Crippen LogP contribution in [0.2, 0.25) is 5.02 Å². The highest BCUT2D eigenvalue weighted by molar-refractivity contribution is 14.1. The van der Waals surface area contributed by atoms with Crippen LogP contribution in [0.1, 0.15) is 12.0 Å². The first-order valence-corrected chi connectivity index (χ1v) is 4.34. The molecule has 0 aliphatic rings. The zero-order valence-electron chi connectivity index (χ0n) is 5.57. The van der Waals surface area contributed by atoms with E-state index in [1.165, 1.54) is 6.20 Å². The molecule has 1 rings (SSSR count). The number of alkyl halides is 2. The average Bonchev–Trinajstić information content (AvgIpc) is 1.97. The Bertz CT molecular complexity index is 352. The van der Waals surface area contributed by atoms with Gasteiger partial charge in [-0.3, -0.25) is 4.79 Å². The van der Waals surface area contributed by atoms with Gasteiger partial charge in [0.05, 0.1) is 9.26 Å². The summed E-state index contributed by atoms with van der Waals surface area (Å²) in [6.45, 7) is 0. The fraction of sp³-hybridized carbons (Fsp3) is 0.167. The van der Waals surface area contributed by atoms with Crippen LogP contribution in [0.3, 0.4) is 0 Å². The van der Waals surface area contributed by atoms with E-state index in [2.05, 4.69) is 4.98 Å². The van der Waals surface area contributed by atoms with E-state index in [0.717, 1.165) is 0 Å². The van der Waals surface area contributed by atoms with Crippen LogP contribution in [0.4, 0.5) is 8.78 Å². The molecule has 0 amide bonds. The lowest BCUT2D eigenvalue weighted by molar-refractivity contribution is 0.148. The Morgan fingerprint density at radius 2 is 2.17 bits per heavy atom. The van der Waals surface area contributed by atoms with Crippen molar-refractivity contribution < 1.29 is 8.78 Å². The van der Waals surface area contributed by atoms with Crippen LogP contribution in [-0.4, -0.2) is 4.98 Å². The van der Waals surface area contributed by atoms with Crippen molar-refractivity contribution in [2.45, 2.75) is 6.43 Å². The number of H-pyrrole nitrogens is 1. The first kappa shape index (κ1) is 9.91. The molecule has 1 heterocycles. The first-order chi connectivity index (χ1) is 5.54. The Hall–Kier alpha value is -0.170. The Morgan fingerprint density at radius 1 is 1.58 bits per heavy atom. The third-order valence-electron chi connectivity index (χ3n) is 1.24. The van der Waals surface area contributed by atoms with Gasteiger partial charge in [-0.15, -0.1) is 0 Å². The molecule has 0 aliphatic heterocycles. The van der Waals surface area contributed by atoms with E-state index >= 15 is 0 Å². The highest BCUT2D eigenvalue weighted by Crippen LogP contribution is 2.20. The highest BCUT2D eigenvalue weighted by Gasteiger charge is 2.17. The molecule has 0 radical (unpaired) electrons. The van der Waals surface area contributed by atoms with E-state index in [4.69, 9.17) is 11.6 Å². The Kier molecular flexibility index (Phi) is 3.05. The number of aromatic amines is 1. The van der Waals surface area contributed by atoms with Gasteiger partial charge in [-0.2, -0.15) is 0 Å². The minimum Gasteiger partial charge on any atom is -0.355 e. The molecule has 0 saturated carbocycles. The number of hydrogen-bond acceptors (Lipinski definition) is 1. The maximum Gasteiger partial charge on any atom is 0.270 e. The topological polar surface area (TPSA) is 32.9 Å². The second kappa shape index (κ2) is 3.69. The van der Waals surface area contributed by atoms with Gasteiger partial charge in [0.25, 0.3) is 6.43 Å². The number of pyridine rings is 1. The van der Waals surface area contributed by atoms with Crippen LogP contribution < -0.4 is 5.43 Å². The SMILES string of the molecule is O=c1c(Cl)c[nH]c(I)c1C(F)F. The Balaban J connectivity index is 3.44. The van der Waals surface area contributed by atoms with Crippen LogP contribution >= 0.6 is 34.2 Å². The summed E-state index contributed by atoms with van der Waals surface area (Å²) in [7, 11) is 0. The zero-order chi connectivity index (χ0) is 9.30. The van der Waals surface area contributed by atoms with Crippen LogP contribution in [-0.2, 0) is 0 Å². The molecule has 0 bridgehead atoms. The summed E-state index contributed by atoms with van der Waals surface area (Å²) < 4.78 is 24.5. The molecule has 1 aromatic heterocycles. The van der Waals surface area contributed by atoms with E-state index in [0.29, 0.717) is 0 Å². The van der Waals surface area contributed by atoms with Gasteiger partial charge in [-0.25, -0.2) is 8.78 Å². The van der Waals surface area contributed by atoms with Crippen molar-refractivity contribution >= 4 is 34.2 Å². The fourth-order valence-corrected chi connectivity index (χ4v) is 1.49. The van der Waals surface area contributed by atoms with E-state index < -0.39 is 17.4 Å². The van der Waals surface area contributed by atoms with Gasteiger partial charge >= 0.3 is 0 Å². The molecule has 0 unspecified atom stereocenters. The summed E-state index contributed by atoms with van der Waals surface area (Å²) in [5.41, 5.74) is -1.38. The molecular weight excluding hydrogens is 302 g/mol. The third kappa shape index (κ3) is 1.77. The summed E-state index contributed by atoms with van der Waals surface area (Å²) in [5, 5.41) is -0.217. The molecule has 2 nitrogen and oxygen atoms in total. The van der Waals surface area contributed by atoms with E-state index in [9.17, 15) is 13.6 Å². The van der Waals surface area contributed by atoms with Gasteiger partial charge < -0.3 is 4.98 Å². The summed E-state index contributed by atoms with van der Waals surface area (Å²) in [6.07, 6.45) is -1.60. The van der Waals surface area contributed by atoms with Crippen molar-refractivity contribution in [1.82, 2.24) is 4.98 Å². The lowest BCUT2D eigenvalue weighted by Crippen LogP contribution is -2.13. The molecule has 1 N–H and O–H groups in total. The summed E-state index contributed by atoms with van der Waals surface area (Å²) in [4.78, 5) is 13.5. The molecule has 0 atom stereocenters. The van der Waals surface area contributed by atoms with Crippen molar-refractivity contribution in [3.8, 4) is 0 Å². The normalized spacial score (nSPS) is 10.8. The van der Waals surface area contributed by atoms with Gasteiger partial charge in [0.1, 0.15) is 5.02 Å². The minimum atomic E-state index is -2.79. The molecular formula is C6H3ClF2INO. The number of aromatic nitrogens is 1. The third-order valence-corrected chi connectivity index (χ3v) is 2.42. The van der Waals surface area contributed by atoms with E-state index in [1.807, 2.05) is 0 Å². The number of hydrogen-bond donors (Lipinski definition) is 1. The van der Waals surface area contributed by atoms with Crippen molar-refractivity contribution in [3.05, 3.63) is 30.7 Å². The van der Waals surface area contributed by atoms with E-state index in [1.54, 1.807) is 22.6 Å². The summed E-state index contributed by atoms with van der Waals surface area (Å²) in [6, 6.07) is 0. The minimum absolute atomic E-state index is 0.122. The summed E-state index contributed by atoms with van der Waals surface area (Å²) in [5.74, 6) is 0. The van der Waals surface area contributed by atoms with Crippen LogP contribution in [0.15, 0.2) is 11.0 Å². The monoisotopic (exact) mass is 305 g/mol. The molecule has 0 fully saturated rings. The maximum absolute atomic E-state index is 12.2. The average molecular weight is 305 g/mol. The smallest absolute Gasteiger partial charge is 0.270 e.